The molecule has 170 valence electrons. The van der Waals surface area contributed by atoms with Gasteiger partial charge in [0.15, 0.2) is 5.82 Å². The van der Waals surface area contributed by atoms with Crippen LogP contribution in [-0.2, 0) is 17.8 Å². The molecule has 4 aromatic rings. The van der Waals surface area contributed by atoms with Crippen LogP contribution in [0.5, 0.6) is 0 Å². The molecule has 3 aromatic heterocycles. The number of hydrogen-bond acceptors (Lipinski definition) is 8. The Morgan fingerprint density at radius 1 is 1.00 bits per heavy atom. The van der Waals surface area contributed by atoms with E-state index in [4.69, 9.17) is 14.1 Å². The second-order valence-corrected chi connectivity index (χ2v) is 9.40. The minimum atomic E-state index is -0.317. The number of nitrogens with zero attached hydrogens (tertiary/aromatic N) is 6. The molecule has 33 heavy (non-hydrogen) atoms. The van der Waals surface area contributed by atoms with Crippen molar-refractivity contribution in [2.45, 2.75) is 53.7 Å². The highest BCUT2D eigenvalue weighted by Crippen LogP contribution is 2.39. The second-order valence-electron chi connectivity index (χ2n) is 8.19. The van der Waals surface area contributed by atoms with Crippen molar-refractivity contribution < 1.29 is 9.15 Å². The summed E-state index contributed by atoms with van der Waals surface area (Å²) in [6.07, 6.45) is 0.430. The third kappa shape index (κ3) is 3.91. The summed E-state index contributed by atoms with van der Waals surface area (Å²) in [6.45, 7) is 11.2. The van der Waals surface area contributed by atoms with Gasteiger partial charge in [-0.15, -0.1) is 31.7 Å². The van der Waals surface area contributed by atoms with Crippen LogP contribution in [0.15, 0.2) is 33.7 Å². The first-order valence-electron chi connectivity index (χ1n) is 11.0. The highest BCUT2D eigenvalue weighted by molar-refractivity contribution is 7.15. The fourth-order valence-electron chi connectivity index (χ4n) is 4.02. The largest absolute Gasteiger partial charge is 0.423 e. The van der Waals surface area contributed by atoms with Gasteiger partial charge >= 0.3 is 0 Å². The van der Waals surface area contributed by atoms with Crippen LogP contribution in [-0.4, -0.2) is 37.3 Å². The molecule has 4 heterocycles. The Morgan fingerprint density at radius 3 is 2.52 bits per heavy atom. The molecule has 0 unspecified atom stereocenters. The van der Waals surface area contributed by atoms with Crippen LogP contribution in [0.4, 0.5) is 0 Å². The van der Waals surface area contributed by atoms with Crippen LogP contribution in [0.1, 0.15) is 63.5 Å². The fourth-order valence-corrected chi connectivity index (χ4v) is 5.23. The average molecular weight is 463 g/mol. The lowest BCUT2D eigenvalue weighted by molar-refractivity contribution is 0.113. The van der Waals surface area contributed by atoms with E-state index in [1.165, 1.54) is 16.0 Å². The molecule has 0 fully saturated rings. The van der Waals surface area contributed by atoms with Crippen molar-refractivity contribution in [3.8, 4) is 5.00 Å². The van der Waals surface area contributed by atoms with E-state index in [-0.39, 0.29) is 6.04 Å². The quantitative estimate of drug-likeness (QED) is 0.415. The summed E-state index contributed by atoms with van der Waals surface area (Å²) < 4.78 is 13.4. The van der Waals surface area contributed by atoms with Gasteiger partial charge in [-0.2, -0.15) is 0 Å². The molecule has 0 amide bonds. The van der Waals surface area contributed by atoms with Crippen LogP contribution < -0.4 is 0 Å². The van der Waals surface area contributed by atoms with E-state index in [9.17, 15) is 0 Å². The van der Waals surface area contributed by atoms with E-state index >= 15 is 0 Å². The molecule has 0 spiro atoms. The van der Waals surface area contributed by atoms with Gasteiger partial charge in [0.2, 0.25) is 11.8 Å². The lowest BCUT2D eigenvalue weighted by Gasteiger charge is -2.11. The molecular weight excluding hydrogens is 436 g/mol. The van der Waals surface area contributed by atoms with E-state index < -0.39 is 0 Å². The van der Waals surface area contributed by atoms with E-state index in [0.29, 0.717) is 31.4 Å². The number of aryl methyl sites for hydroxylation is 3. The Balaban J connectivity index is 1.65. The Bertz CT molecular complexity index is 1330. The fraction of sp³-hybridized carbons (Fsp3) is 0.375. The number of aliphatic imine (C=N–C) groups is 1. The maximum absolute atomic E-state index is 5.84. The normalized spacial score (nSPS) is 15.2. The summed E-state index contributed by atoms with van der Waals surface area (Å²) >= 11 is 1.75. The van der Waals surface area contributed by atoms with E-state index in [1.807, 2.05) is 13.8 Å². The number of rotatable bonds is 6. The second kappa shape index (κ2) is 8.64. The van der Waals surface area contributed by atoms with Crippen molar-refractivity contribution in [3.05, 3.63) is 74.8 Å². The Labute approximate surface area is 196 Å². The first-order chi connectivity index (χ1) is 16.0. The summed E-state index contributed by atoms with van der Waals surface area (Å²) in [7, 11) is 0. The van der Waals surface area contributed by atoms with Crippen LogP contribution in [0.25, 0.3) is 5.00 Å². The molecule has 1 atom stereocenters. The predicted molar refractivity (Wildman–Crippen MR) is 126 cm³/mol. The Hall–Kier alpha value is -3.17. The third-order valence-electron chi connectivity index (χ3n) is 5.87. The minimum Gasteiger partial charge on any atom is -0.423 e. The van der Waals surface area contributed by atoms with Crippen molar-refractivity contribution in [3.63, 3.8) is 0 Å². The van der Waals surface area contributed by atoms with Crippen molar-refractivity contribution in [1.29, 1.82) is 0 Å². The Morgan fingerprint density at radius 2 is 1.76 bits per heavy atom. The van der Waals surface area contributed by atoms with Gasteiger partial charge in [-0.05, 0) is 40.2 Å². The van der Waals surface area contributed by atoms with Gasteiger partial charge in [-0.25, -0.2) is 0 Å². The summed E-state index contributed by atoms with van der Waals surface area (Å²) in [6, 6.07) is 8.19. The van der Waals surface area contributed by atoms with Crippen molar-refractivity contribution in [2.75, 3.05) is 6.61 Å². The predicted octanol–water partition coefficient (Wildman–Crippen LogP) is 4.62. The molecule has 8 nitrogen and oxygen atoms in total. The molecule has 1 aliphatic rings. The van der Waals surface area contributed by atoms with Gasteiger partial charge in [0.25, 0.3) is 0 Å². The van der Waals surface area contributed by atoms with Gasteiger partial charge in [-0.1, -0.05) is 29.8 Å². The third-order valence-corrected chi connectivity index (χ3v) is 7.06. The van der Waals surface area contributed by atoms with Gasteiger partial charge < -0.3 is 9.15 Å². The molecule has 0 aliphatic carbocycles. The smallest absolute Gasteiger partial charge is 0.242 e. The van der Waals surface area contributed by atoms with Crippen LogP contribution in [0.3, 0.4) is 0 Å². The molecule has 9 heteroatoms. The lowest BCUT2D eigenvalue weighted by atomic mass is 9.99. The van der Waals surface area contributed by atoms with Gasteiger partial charge in [-0.3, -0.25) is 9.56 Å². The molecule has 1 aromatic carbocycles. The van der Waals surface area contributed by atoms with Crippen molar-refractivity contribution in [1.82, 2.24) is 25.0 Å². The maximum Gasteiger partial charge on any atom is 0.242 e. The molecule has 0 N–H and O–H groups in total. The topological polar surface area (TPSA) is 91.2 Å². The van der Waals surface area contributed by atoms with Gasteiger partial charge in [0.05, 0.1) is 12.1 Å². The zero-order valence-corrected chi connectivity index (χ0v) is 20.2. The first-order valence-corrected chi connectivity index (χ1v) is 11.8. The summed E-state index contributed by atoms with van der Waals surface area (Å²) in [5, 5.41) is 18.4. The van der Waals surface area contributed by atoms with Crippen molar-refractivity contribution >= 4 is 17.0 Å². The van der Waals surface area contributed by atoms with E-state index in [2.05, 4.69) is 70.0 Å². The molecule has 5 rings (SSSR count). The van der Waals surface area contributed by atoms with Gasteiger partial charge in [0, 0.05) is 22.6 Å². The van der Waals surface area contributed by atoms with Crippen molar-refractivity contribution in [2.24, 2.45) is 4.99 Å². The average Bonchev–Trinajstić information content (AvgIpc) is 3.46. The molecule has 1 aliphatic heterocycles. The minimum absolute atomic E-state index is 0.303. The Kier molecular flexibility index (Phi) is 5.67. The van der Waals surface area contributed by atoms with E-state index in [1.54, 1.807) is 11.3 Å². The molecule has 0 radical (unpaired) electrons. The van der Waals surface area contributed by atoms with Crippen LogP contribution >= 0.6 is 11.3 Å². The van der Waals surface area contributed by atoms with E-state index in [0.717, 1.165) is 33.5 Å². The summed E-state index contributed by atoms with van der Waals surface area (Å²) in [5.74, 6) is 2.58. The number of benzene rings is 1. The number of ether oxygens (including phenoxy) is 1. The number of hydrogen-bond donors (Lipinski definition) is 0. The molecule has 0 saturated heterocycles. The standard InChI is InChI=1S/C24H26N6O2S/c1-6-31-12-20-28-27-19(32-20)11-18-23-29-26-16(5)30(23)24-21(14(3)15(4)33-24)22(25-18)17-9-7-13(2)8-10-17/h7-10,18H,6,11-12H2,1-5H3/t18-/m0/s1. The molecular formula is C24H26N6O2S. The number of fused-ring (bicyclic) bond motifs is 3. The first kappa shape index (κ1) is 21.7. The molecule has 0 bridgehead atoms. The molecule has 0 saturated carbocycles. The zero-order valence-electron chi connectivity index (χ0n) is 19.4. The van der Waals surface area contributed by atoms with Gasteiger partial charge in [0.1, 0.15) is 23.5 Å². The monoisotopic (exact) mass is 462 g/mol. The maximum atomic E-state index is 5.84. The lowest BCUT2D eigenvalue weighted by Crippen LogP contribution is -2.09. The van der Waals surface area contributed by atoms with Crippen LogP contribution in [0.2, 0.25) is 0 Å². The number of aromatic nitrogens is 5. The summed E-state index contributed by atoms with van der Waals surface area (Å²) in [4.78, 5) is 6.51. The number of thiophene rings is 1. The SMILES string of the molecule is CCOCc1nnc(C[C@@H]2N=C(c3ccc(C)cc3)c3c(sc(C)c3C)-n3c(C)nnc32)o1. The zero-order chi connectivity index (χ0) is 23.1. The summed E-state index contributed by atoms with van der Waals surface area (Å²) in [5.41, 5.74) is 5.60. The van der Waals surface area contributed by atoms with Crippen LogP contribution in [0, 0.1) is 27.7 Å². The highest BCUT2D eigenvalue weighted by Gasteiger charge is 2.32. The highest BCUT2D eigenvalue weighted by atomic mass is 32.1.